The molecular formula is C16H18N4O2. The van der Waals surface area contributed by atoms with Gasteiger partial charge in [0.15, 0.2) is 5.82 Å². The van der Waals surface area contributed by atoms with E-state index in [2.05, 4.69) is 20.5 Å². The van der Waals surface area contributed by atoms with Crippen LogP contribution >= 0.6 is 0 Å². The Kier molecular flexibility index (Phi) is 3.77. The van der Waals surface area contributed by atoms with Crippen molar-refractivity contribution in [3.63, 3.8) is 0 Å². The van der Waals surface area contributed by atoms with Gasteiger partial charge in [0.2, 0.25) is 0 Å². The number of nitrogens with zero attached hydrogens (tertiary/aromatic N) is 2. The topological polar surface area (TPSA) is 74.3 Å². The molecule has 1 aromatic heterocycles. The van der Waals surface area contributed by atoms with E-state index in [1.807, 2.05) is 38.4 Å². The van der Waals surface area contributed by atoms with Gasteiger partial charge in [-0.3, -0.25) is 9.59 Å². The second kappa shape index (κ2) is 5.73. The maximum absolute atomic E-state index is 12.1. The van der Waals surface area contributed by atoms with Crippen LogP contribution in [0.5, 0.6) is 0 Å². The number of pyridine rings is 1. The van der Waals surface area contributed by atoms with E-state index in [1.54, 1.807) is 0 Å². The average molecular weight is 298 g/mol. The molecule has 2 aromatic rings. The highest BCUT2D eigenvalue weighted by molar-refractivity contribution is 6.54. The number of ketones is 1. The summed E-state index contributed by atoms with van der Waals surface area (Å²) in [6.45, 7) is 1.67. The number of hydrogen-bond donors (Lipinski definition) is 2. The predicted molar refractivity (Wildman–Crippen MR) is 86.4 cm³/mol. The molecule has 6 heteroatoms. The molecule has 2 heterocycles. The Hall–Kier alpha value is -2.47. The molecule has 0 unspecified atom stereocenters. The molecule has 1 amide bonds. The van der Waals surface area contributed by atoms with E-state index in [9.17, 15) is 9.59 Å². The Morgan fingerprint density at radius 2 is 2.00 bits per heavy atom. The van der Waals surface area contributed by atoms with Gasteiger partial charge < -0.3 is 15.5 Å². The Morgan fingerprint density at radius 1 is 1.23 bits per heavy atom. The van der Waals surface area contributed by atoms with Crippen LogP contribution in [-0.2, 0) is 4.79 Å². The number of para-hydroxylation sites is 1. The SMILES string of the molecule is CN(C)CCCNc1nc2ccccc2c2c1NC(=O)C2=O. The Labute approximate surface area is 128 Å². The molecule has 0 spiro atoms. The number of anilines is 2. The highest BCUT2D eigenvalue weighted by Crippen LogP contribution is 2.35. The third-order valence-corrected chi connectivity index (χ3v) is 3.64. The van der Waals surface area contributed by atoms with Crippen molar-refractivity contribution in [1.29, 1.82) is 0 Å². The maximum Gasteiger partial charge on any atom is 0.296 e. The molecule has 0 atom stereocenters. The number of aromatic nitrogens is 1. The number of amides is 1. The number of fused-ring (bicyclic) bond motifs is 3. The third kappa shape index (κ3) is 2.53. The van der Waals surface area contributed by atoms with Crippen LogP contribution in [0.25, 0.3) is 10.9 Å². The summed E-state index contributed by atoms with van der Waals surface area (Å²) in [6, 6.07) is 7.36. The zero-order chi connectivity index (χ0) is 15.7. The summed E-state index contributed by atoms with van der Waals surface area (Å²) < 4.78 is 0. The number of hydrogen-bond acceptors (Lipinski definition) is 5. The van der Waals surface area contributed by atoms with Crippen molar-refractivity contribution < 1.29 is 9.59 Å². The molecule has 1 aliphatic heterocycles. The fourth-order valence-electron chi connectivity index (χ4n) is 2.58. The molecule has 22 heavy (non-hydrogen) atoms. The summed E-state index contributed by atoms with van der Waals surface area (Å²) in [5, 5.41) is 6.57. The molecule has 0 radical (unpaired) electrons. The molecule has 0 bridgehead atoms. The fourth-order valence-corrected chi connectivity index (χ4v) is 2.58. The van der Waals surface area contributed by atoms with E-state index in [-0.39, 0.29) is 0 Å². The van der Waals surface area contributed by atoms with Crippen molar-refractivity contribution >= 4 is 34.1 Å². The van der Waals surface area contributed by atoms with Crippen LogP contribution < -0.4 is 10.6 Å². The largest absolute Gasteiger partial charge is 0.368 e. The highest BCUT2D eigenvalue weighted by atomic mass is 16.2. The van der Waals surface area contributed by atoms with Gasteiger partial charge in [-0.15, -0.1) is 0 Å². The van der Waals surface area contributed by atoms with E-state index >= 15 is 0 Å². The number of benzene rings is 1. The second-order valence-corrected chi connectivity index (χ2v) is 5.59. The lowest BCUT2D eigenvalue weighted by Gasteiger charge is -2.13. The van der Waals surface area contributed by atoms with Gasteiger partial charge in [0.1, 0.15) is 0 Å². The Balaban J connectivity index is 1.96. The molecule has 0 aliphatic carbocycles. The minimum Gasteiger partial charge on any atom is -0.368 e. The van der Waals surface area contributed by atoms with Crippen LogP contribution in [0.3, 0.4) is 0 Å². The lowest BCUT2D eigenvalue weighted by Crippen LogP contribution is -2.17. The van der Waals surface area contributed by atoms with Crippen molar-refractivity contribution in [2.45, 2.75) is 6.42 Å². The van der Waals surface area contributed by atoms with Crippen LogP contribution in [0.15, 0.2) is 24.3 Å². The standard InChI is InChI=1S/C16H18N4O2/c1-20(2)9-5-8-17-15-13-12(14(21)16(22)19-13)10-6-3-4-7-11(10)18-15/h3-4,6-7H,5,8-9H2,1-2H3,(H,17,18)(H,19,21,22). The third-order valence-electron chi connectivity index (χ3n) is 3.64. The van der Waals surface area contributed by atoms with Crippen LogP contribution in [0, 0.1) is 0 Å². The summed E-state index contributed by atoms with van der Waals surface area (Å²) in [7, 11) is 4.04. The minimum atomic E-state index is -0.593. The zero-order valence-corrected chi connectivity index (χ0v) is 12.6. The molecule has 3 rings (SSSR count). The monoisotopic (exact) mass is 298 g/mol. The van der Waals surface area contributed by atoms with Gasteiger partial charge in [0.05, 0.1) is 16.8 Å². The molecule has 0 saturated carbocycles. The maximum atomic E-state index is 12.1. The van der Waals surface area contributed by atoms with E-state index < -0.39 is 11.7 Å². The lowest BCUT2D eigenvalue weighted by atomic mass is 10.1. The van der Waals surface area contributed by atoms with Gasteiger partial charge in [-0.05, 0) is 33.1 Å². The fraction of sp³-hybridized carbons (Fsp3) is 0.312. The Bertz CT molecular complexity index is 755. The first-order valence-corrected chi connectivity index (χ1v) is 7.25. The van der Waals surface area contributed by atoms with E-state index in [4.69, 9.17) is 0 Å². The molecule has 6 nitrogen and oxygen atoms in total. The summed E-state index contributed by atoms with van der Waals surface area (Å²) in [5.41, 5.74) is 1.63. The van der Waals surface area contributed by atoms with Crippen molar-refractivity contribution in [2.75, 3.05) is 37.8 Å². The van der Waals surface area contributed by atoms with Crippen molar-refractivity contribution in [3.05, 3.63) is 29.8 Å². The molecule has 1 aromatic carbocycles. The number of carbonyl (C=O) groups is 2. The molecule has 0 fully saturated rings. The quantitative estimate of drug-likeness (QED) is 0.649. The summed E-state index contributed by atoms with van der Waals surface area (Å²) in [4.78, 5) is 30.5. The van der Waals surface area contributed by atoms with Crippen LogP contribution in [0.2, 0.25) is 0 Å². The zero-order valence-electron chi connectivity index (χ0n) is 12.6. The predicted octanol–water partition coefficient (Wildman–Crippen LogP) is 1.73. The van der Waals surface area contributed by atoms with Gasteiger partial charge in [0, 0.05) is 11.9 Å². The Morgan fingerprint density at radius 3 is 2.77 bits per heavy atom. The van der Waals surface area contributed by atoms with Gasteiger partial charge >= 0.3 is 0 Å². The first kappa shape index (κ1) is 14.5. The molecule has 2 N–H and O–H groups in total. The number of rotatable bonds is 5. The number of Topliss-reactive ketones (excluding diaryl/α,β-unsaturated/α-hetero) is 1. The number of nitrogens with one attached hydrogen (secondary N) is 2. The summed E-state index contributed by atoms with van der Waals surface area (Å²) in [6.07, 6.45) is 0.943. The van der Waals surface area contributed by atoms with E-state index in [0.717, 1.165) is 19.5 Å². The van der Waals surface area contributed by atoms with Gasteiger partial charge in [-0.1, -0.05) is 18.2 Å². The average Bonchev–Trinajstić information content (AvgIpc) is 2.80. The van der Waals surface area contributed by atoms with Crippen molar-refractivity contribution in [1.82, 2.24) is 9.88 Å². The first-order valence-electron chi connectivity index (χ1n) is 7.25. The minimum absolute atomic E-state index is 0.422. The summed E-state index contributed by atoms with van der Waals surface area (Å²) >= 11 is 0. The van der Waals surface area contributed by atoms with Crippen molar-refractivity contribution in [3.8, 4) is 0 Å². The highest BCUT2D eigenvalue weighted by Gasteiger charge is 2.33. The molecule has 0 saturated heterocycles. The van der Waals surface area contributed by atoms with Crippen LogP contribution in [0.1, 0.15) is 16.8 Å². The lowest BCUT2D eigenvalue weighted by molar-refractivity contribution is -0.112. The van der Waals surface area contributed by atoms with Crippen molar-refractivity contribution in [2.24, 2.45) is 0 Å². The molecule has 114 valence electrons. The van der Waals surface area contributed by atoms with Crippen LogP contribution in [-0.4, -0.2) is 48.8 Å². The summed E-state index contributed by atoms with van der Waals surface area (Å²) in [5.74, 6) is -0.527. The smallest absolute Gasteiger partial charge is 0.296 e. The van der Waals surface area contributed by atoms with E-state index in [0.29, 0.717) is 28.0 Å². The van der Waals surface area contributed by atoms with E-state index in [1.165, 1.54) is 0 Å². The molecular weight excluding hydrogens is 280 g/mol. The normalized spacial score (nSPS) is 13.6. The van der Waals surface area contributed by atoms with Crippen LogP contribution in [0.4, 0.5) is 11.5 Å². The van der Waals surface area contributed by atoms with Gasteiger partial charge in [-0.2, -0.15) is 0 Å². The number of carbonyl (C=O) groups excluding carboxylic acids is 2. The molecule has 1 aliphatic rings. The van der Waals surface area contributed by atoms with Gasteiger partial charge in [-0.25, -0.2) is 4.98 Å². The first-order chi connectivity index (χ1) is 10.6. The van der Waals surface area contributed by atoms with Gasteiger partial charge in [0.25, 0.3) is 11.7 Å². The second-order valence-electron chi connectivity index (χ2n) is 5.59.